The molecule has 0 aliphatic heterocycles. The first-order valence-corrected chi connectivity index (χ1v) is 7.69. The van der Waals surface area contributed by atoms with Crippen LogP contribution in [0.2, 0.25) is 0 Å². The topological polar surface area (TPSA) is 67.6 Å². The summed E-state index contributed by atoms with van der Waals surface area (Å²) in [4.78, 5) is 11.3. The summed E-state index contributed by atoms with van der Waals surface area (Å²) in [6.07, 6.45) is 3.03. The summed E-state index contributed by atoms with van der Waals surface area (Å²) < 4.78 is 31.4. The van der Waals surface area contributed by atoms with Gasteiger partial charge in [-0.1, -0.05) is 12.2 Å². The number of sulfonamides is 1. The molecule has 2 aromatic rings. The van der Waals surface area contributed by atoms with Crippen LogP contribution >= 0.6 is 0 Å². The Morgan fingerprint density at radius 1 is 1.10 bits per heavy atom. The summed E-state index contributed by atoms with van der Waals surface area (Å²) in [5.74, 6) is 0. The molecule has 0 aliphatic carbocycles. The first-order chi connectivity index (χ1) is 9.98. The highest BCUT2D eigenvalue weighted by Crippen LogP contribution is 2.21. The van der Waals surface area contributed by atoms with Gasteiger partial charge < -0.3 is 4.42 Å². The van der Waals surface area contributed by atoms with Gasteiger partial charge in [-0.3, -0.25) is 0 Å². The van der Waals surface area contributed by atoms with Crippen LogP contribution in [0, 0.1) is 0 Å². The number of fused-ring (bicyclic) bond motifs is 1. The average molecular weight is 305 g/mol. The monoisotopic (exact) mass is 305 g/mol. The van der Waals surface area contributed by atoms with Crippen LogP contribution in [0.5, 0.6) is 0 Å². The highest BCUT2D eigenvalue weighted by Gasteiger charge is 2.22. The first-order valence-electron chi connectivity index (χ1n) is 6.25. The molecular weight excluding hydrogens is 290 g/mol. The Bertz CT molecular complexity index is 826. The van der Waals surface area contributed by atoms with Crippen LogP contribution in [-0.2, 0) is 10.0 Å². The van der Waals surface area contributed by atoms with Crippen molar-refractivity contribution in [3.8, 4) is 0 Å². The van der Waals surface area contributed by atoms with Gasteiger partial charge >= 0.3 is 5.63 Å². The van der Waals surface area contributed by atoms with Crippen LogP contribution in [0.25, 0.3) is 11.0 Å². The molecule has 0 radical (unpaired) electrons. The van der Waals surface area contributed by atoms with E-state index < -0.39 is 15.6 Å². The van der Waals surface area contributed by atoms with Crippen LogP contribution in [0.4, 0.5) is 0 Å². The zero-order chi connectivity index (χ0) is 15.5. The highest BCUT2D eigenvalue weighted by molar-refractivity contribution is 7.89. The Balaban J connectivity index is 2.52. The molecule has 110 valence electrons. The Labute approximate surface area is 122 Å². The molecular formula is C15H15NO4S. The maximum absolute atomic E-state index is 12.6. The second-order valence-corrected chi connectivity index (χ2v) is 6.29. The molecule has 21 heavy (non-hydrogen) atoms. The molecule has 6 heteroatoms. The van der Waals surface area contributed by atoms with Crippen molar-refractivity contribution in [3.05, 3.63) is 66.1 Å². The van der Waals surface area contributed by atoms with Crippen LogP contribution in [-0.4, -0.2) is 25.8 Å². The summed E-state index contributed by atoms with van der Waals surface area (Å²) in [6.45, 7) is 7.50. The quantitative estimate of drug-likeness (QED) is 0.606. The van der Waals surface area contributed by atoms with Crippen LogP contribution < -0.4 is 5.63 Å². The van der Waals surface area contributed by atoms with Gasteiger partial charge in [0.05, 0.1) is 4.90 Å². The Morgan fingerprint density at radius 3 is 2.38 bits per heavy atom. The third-order valence-electron chi connectivity index (χ3n) is 2.89. The van der Waals surface area contributed by atoms with Crippen molar-refractivity contribution in [1.82, 2.24) is 4.31 Å². The number of nitrogens with zero attached hydrogens (tertiary/aromatic N) is 1. The molecule has 0 N–H and O–H groups in total. The molecule has 0 aliphatic rings. The van der Waals surface area contributed by atoms with E-state index in [1.807, 2.05) is 0 Å². The van der Waals surface area contributed by atoms with Crippen molar-refractivity contribution >= 4 is 21.0 Å². The van der Waals surface area contributed by atoms with Crippen LogP contribution in [0.1, 0.15) is 0 Å². The van der Waals surface area contributed by atoms with E-state index in [2.05, 4.69) is 13.2 Å². The normalized spacial score (nSPS) is 11.7. The van der Waals surface area contributed by atoms with E-state index in [0.717, 1.165) is 0 Å². The fourth-order valence-corrected chi connectivity index (χ4v) is 3.34. The minimum absolute atomic E-state index is 0.132. The zero-order valence-electron chi connectivity index (χ0n) is 11.4. The lowest BCUT2D eigenvalue weighted by Crippen LogP contribution is -2.31. The average Bonchev–Trinajstić information content (AvgIpc) is 2.46. The maximum atomic E-state index is 12.6. The minimum Gasteiger partial charge on any atom is -0.423 e. The molecule has 0 unspecified atom stereocenters. The van der Waals surface area contributed by atoms with Gasteiger partial charge in [0.2, 0.25) is 10.0 Å². The van der Waals surface area contributed by atoms with E-state index in [1.165, 1.54) is 46.8 Å². The fraction of sp³-hybridized carbons (Fsp3) is 0.133. The summed E-state index contributed by atoms with van der Waals surface area (Å²) in [5, 5.41) is 0.549. The van der Waals surface area contributed by atoms with E-state index in [0.29, 0.717) is 11.0 Å². The van der Waals surface area contributed by atoms with Gasteiger partial charge in [0.15, 0.2) is 0 Å². The number of rotatable bonds is 6. The second-order valence-electron chi connectivity index (χ2n) is 4.35. The van der Waals surface area contributed by atoms with Crippen molar-refractivity contribution in [3.63, 3.8) is 0 Å². The van der Waals surface area contributed by atoms with Gasteiger partial charge in [0, 0.05) is 24.5 Å². The van der Waals surface area contributed by atoms with Gasteiger partial charge in [0.1, 0.15) is 5.58 Å². The molecule has 1 aromatic carbocycles. The van der Waals surface area contributed by atoms with Crippen molar-refractivity contribution in [2.24, 2.45) is 0 Å². The van der Waals surface area contributed by atoms with Crippen molar-refractivity contribution in [2.45, 2.75) is 4.90 Å². The van der Waals surface area contributed by atoms with E-state index in [4.69, 9.17) is 4.42 Å². The lowest BCUT2D eigenvalue weighted by Gasteiger charge is -2.19. The predicted molar refractivity (Wildman–Crippen MR) is 81.6 cm³/mol. The Kier molecular flexibility index (Phi) is 4.40. The summed E-state index contributed by atoms with van der Waals surface area (Å²) in [6, 6.07) is 7.16. The number of hydrogen-bond acceptors (Lipinski definition) is 4. The maximum Gasteiger partial charge on any atom is 0.336 e. The highest BCUT2D eigenvalue weighted by atomic mass is 32.2. The third-order valence-corrected chi connectivity index (χ3v) is 4.72. The van der Waals surface area contributed by atoms with Gasteiger partial charge in [-0.2, -0.15) is 4.31 Å². The summed E-state index contributed by atoms with van der Waals surface area (Å²) in [7, 11) is -3.66. The molecule has 0 spiro atoms. The van der Waals surface area contributed by atoms with E-state index >= 15 is 0 Å². The standard InChI is InChI=1S/C15H15NO4S/c1-3-9-16(10-4-2)21(18,19)13-6-7-14-12(11-13)5-8-15(17)20-14/h3-8,11H,1-2,9-10H2. The lowest BCUT2D eigenvalue weighted by atomic mass is 10.2. The fourth-order valence-electron chi connectivity index (χ4n) is 1.92. The van der Waals surface area contributed by atoms with E-state index in [-0.39, 0.29) is 18.0 Å². The van der Waals surface area contributed by atoms with Crippen LogP contribution in [0.15, 0.2) is 69.7 Å². The molecule has 1 heterocycles. The third kappa shape index (κ3) is 3.12. The lowest BCUT2D eigenvalue weighted by molar-refractivity contribution is 0.474. The van der Waals surface area contributed by atoms with Gasteiger partial charge in [0.25, 0.3) is 0 Å². The first kappa shape index (κ1) is 15.2. The molecule has 0 amide bonds. The molecule has 5 nitrogen and oxygen atoms in total. The predicted octanol–water partition coefficient (Wildman–Crippen LogP) is 2.16. The smallest absolute Gasteiger partial charge is 0.336 e. The molecule has 2 rings (SSSR count). The van der Waals surface area contributed by atoms with Crippen molar-refractivity contribution in [2.75, 3.05) is 13.1 Å². The molecule has 0 atom stereocenters. The number of benzene rings is 1. The molecule has 0 saturated heterocycles. The summed E-state index contributed by atoms with van der Waals surface area (Å²) >= 11 is 0. The molecule has 1 aromatic heterocycles. The van der Waals surface area contributed by atoms with Gasteiger partial charge in [-0.15, -0.1) is 13.2 Å². The largest absolute Gasteiger partial charge is 0.423 e. The summed E-state index contributed by atoms with van der Waals surface area (Å²) in [5.41, 5.74) is -0.126. The van der Waals surface area contributed by atoms with E-state index in [9.17, 15) is 13.2 Å². The second kappa shape index (κ2) is 6.07. The minimum atomic E-state index is -3.66. The van der Waals surface area contributed by atoms with E-state index in [1.54, 1.807) is 0 Å². The van der Waals surface area contributed by atoms with Crippen LogP contribution in [0.3, 0.4) is 0 Å². The Morgan fingerprint density at radius 2 is 1.76 bits per heavy atom. The zero-order valence-corrected chi connectivity index (χ0v) is 12.2. The molecule has 0 fully saturated rings. The number of hydrogen-bond donors (Lipinski definition) is 0. The van der Waals surface area contributed by atoms with Crippen molar-refractivity contribution < 1.29 is 12.8 Å². The Hall–Kier alpha value is -2.18. The molecule has 0 bridgehead atoms. The van der Waals surface area contributed by atoms with Gasteiger partial charge in [-0.05, 0) is 24.3 Å². The molecule has 0 saturated carbocycles. The van der Waals surface area contributed by atoms with Gasteiger partial charge in [-0.25, -0.2) is 13.2 Å². The van der Waals surface area contributed by atoms with Crippen molar-refractivity contribution in [1.29, 1.82) is 0 Å². The SMILES string of the molecule is C=CCN(CC=C)S(=O)(=O)c1ccc2oc(=O)ccc2c1.